The highest BCUT2D eigenvalue weighted by atomic mass is 16.5. The van der Waals surface area contributed by atoms with Crippen LogP contribution in [0.4, 0.5) is 0 Å². The first-order valence-corrected chi connectivity index (χ1v) is 6.04. The van der Waals surface area contributed by atoms with Crippen LogP contribution in [-0.2, 0) is 4.74 Å². The zero-order chi connectivity index (χ0) is 11.3. The molecule has 3 nitrogen and oxygen atoms in total. The van der Waals surface area contributed by atoms with Crippen LogP contribution in [0.1, 0.15) is 33.1 Å². The molecule has 90 valence electrons. The molecule has 2 N–H and O–H groups in total. The lowest BCUT2D eigenvalue weighted by molar-refractivity contribution is 0.133. The molecule has 0 saturated heterocycles. The summed E-state index contributed by atoms with van der Waals surface area (Å²) in [6, 6.07) is 0.893. The maximum absolute atomic E-state index is 9.02. The van der Waals surface area contributed by atoms with E-state index in [4.69, 9.17) is 9.84 Å². The van der Waals surface area contributed by atoms with Gasteiger partial charge in [-0.15, -0.1) is 0 Å². The number of rotatable bonds is 8. The SMILES string of the molecule is COCC(NC(CCO)C1CC1)C(C)C. The van der Waals surface area contributed by atoms with E-state index in [1.165, 1.54) is 12.8 Å². The maximum Gasteiger partial charge on any atom is 0.0618 e. The molecule has 2 atom stereocenters. The minimum atomic E-state index is 0.284. The number of ether oxygens (including phenoxy) is 1. The van der Waals surface area contributed by atoms with Crippen molar-refractivity contribution in [2.24, 2.45) is 11.8 Å². The molecule has 0 radical (unpaired) electrons. The van der Waals surface area contributed by atoms with E-state index in [1.54, 1.807) is 7.11 Å². The van der Waals surface area contributed by atoms with Crippen molar-refractivity contribution < 1.29 is 9.84 Å². The second kappa shape index (κ2) is 6.46. The summed E-state index contributed by atoms with van der Waals surface area (Å²) in [5.41, 5.74) is 0. The van der Waals surface area contributed by atoms with Gasteiger partial charge in [-0.3, -0.25) is 0 Å². The molecular weight excluding hydrogens is 190 g/mol. The average Bonchev–Trinajstić information content (AvgIpc) is 2.99. The Morgan fingerprint density at radius 1 is 1.40 bits per heavy atom. The van der Waals surface area contributed by atoms with Crippen molar-refractivity contribution in [3.8, 4) is 0 Å². The van der Waals surface area contributed by atoms with Crippen LogP contribution in [0, 0.1) is 11.8 Å². The summed E-state index contributed by atoms with van der Waals surface area (Å²) in [6.07, 6.45) is 3.50. The molecule has 0 spiro atoms. The highest BCUT2D eigenvalue weighted by molar-refractivity contribution is 4.89. The Kier molecular flexibility index (Phi) is 5.58. The lowest BCUT2D eigenvalue weighted by Crippen LogP contribution is -2.45. The molecule has 0 aromatic heterocycles. The number of hydrogen-bond donors (Lipinski definition) is 2. The maximum atomic E-state index is 9.02. The quantitative estimate of drug-likeness (QED) is 0.643. The van der Waals surface area contributed by atoms with Crippen molar-refractivity contribution in [1.82, 2.24) is 5.32 Å². The highest BCUT2D eigenvalue weighted by Gasteiger charge is 2.32. The zero-order valence-corrected chi connectivity index (χ0v) is 10.2. The van der Waals surface area contributed by atoms with Crippen molar-refractivity contribution in [2.45, 2.75) is 45.2 Å². The zero-order valence-electron chi connectivity index (χ0n) is 10.2. The van der Waals surface area contributed by atoms with Gasteiger partial charge < -0.3 is 15.2 Å². The second-order valence-electron chi connectivity index (χ2n) is 4.93. The first-order valence-electron chi connectivity index (χ1n) is 6.04. The molecule has 1 aliphatic carbocycles. The van der Waals surface area contributed by atoms with Gasteiger partial charge in [0, 0.05) is 25.8 Å². The number of nitrogens with one attached hydrogen (secondary N) is 1. The molecule has 0 amide bonds. The number of aliphatic hydroxyl groups excluding tert-OH is 1. The van der Waals surface area contributed by atoms with Crippen molar-refractivity contribution in [2.75, 3.05) is 20.3 Å². The fourth-order valence-electron chi connectivity index (χ4n) is 1.98. The van der Waals surface area contributed by atoms with Crippen LogP contribution < -0.4 is 5.32 Å². The molecule has 0 heterocycles. The Labute approximate surface area is 93.2 Å². The van der Waals surface area contributed by atoms with Crippen LogP contribution >= 0.6 is 0 Å². The van der Waals surface area contributed by atoms with Crippen molar-refractivity contribution in [3.05, 3.63) is 0 Å². The third-order valence-electron chi connectivity index (χ3n) is 3.21. The summed E-state index contributed by atoms with van der Waals surface area (Å²) in [7, 11) is 1.75. The molecule has 1 rings (SSSR count). The summed E-state index contributed by atoms with van der Waals surface area (Å²) in [4.78, 5) is 0. The van der Waals surface area contributed by atoms with E-state index in [2.05, 4.69) is 19.2 Å². The number of aliphatic hydroxyl groups is 1. The van der Waals surface area contributed by atoms with E-state index in [0.29, 0.717) is 18.0 Å². The van der Waals surface area contributed by atoms with Crippen LogP contribution in [0.15, 0.2) is 0 Å². The van der Waals surface area contributed by atoms with Crippen LogP contribution in [0.5, 0.6) is 0 Å². The molecule has 0 aromatic carbocycles. The minimum Gasteiger partial charge on any atom is -0.396 e. The molecule has 0 aliphatic heterocycles. The fraction of sp³-hybridized carbons (Fsp3) is 1.00. The van der Waals surface area contributed by atoms with Crippen molar-refractivity contribution in [1.29, 1.82) is 0 Å². The molecule has 2 unspecified atom stereocenters. The van der Waals surface area contributed by atoms with Crippen molar-refractivity contribution in [3.63, 3.8) is 0 Å². The Balaban J connectivity index is 2.38. The molecule has 0 aromatic rings. The second-order valence-corrected chi connectivity index (χ2v) is 4.93. The standard InChI is InChI=1S/C12H25NO2/c1-9(2)12(8-15-3)13-11(6-7-14)10-4-5-10/h9-14H,4-8H2,1-3H3. The van der Waals surface area contributed by atoms with E-state index in [1.807, 2.05) is 0 Å². The molecule has 1 saturated carbocycles. The first kappa shape index (κ1) is 12.9. The minimum absolute atomic E-state index is 0.284. The number of methoxy groups -OCH3 is 1. The topological polar surface area (TPSA) is 41.5 Å². The summed E-state index contributed by atoms with van der Waals surface area (Å²) in [5, 5.41) is 12.7. The summed E-state index contributed by atoms with van der Waals surface area (Å²) in [5.74, 6) is 1.36. The Hall–Kier alpha value is -0.120. The smallest absolute Gasteiger partial charge is 0.0618 e. The van der Waals surface area contributed by atoms with Gasteiger partial charge in [0.25, 0.3) is 0 Å². The fourth-order valence-corrected chi connectivity index (χ4v) is 1.98. The normalized spacial score (nSPS) is 20.6. The molecular formula is C12H25NO2. The van der Waals surface area contributed by atoms with Gasteiger partial charge in [-0.2, -0.15) is 0 Å². The van der Waals surface area contributed by atoms with Crippen LogP contribution in [0.2, 0.25) is 0 Å². The van der Waals surface area contributed by atoms with Crippen LogP contribution in [0.3, 0.4) is 0 Å². The Morgan fingerprint density at radius 3 is 2.47 bits per heavy atom. The summed E-state index contributed by atoms with van der Waals surface area (Å²) < 4.78 is 5.22. The third-order valence-corrected chi connectivity index (χ3v) is 3.21. The predicted octanol–water partition coefficient (Wildman–Crippen LogP) is 1.41. The molecule has 1 aliphatic rings. The predicted molar refractivity (Wildman–Crippen MR) is 61.9 cm³/mol. The van der Waals surface area contributed by atoms with Gasteiger partial charge >= 0.3 is 0 Å². The van der Waals surface area contributed by atoms with E-state index < -0.39 is 0 Å². The summed E-state index contributed by atoms with van der Waals surface area (Å²) >= 11 is 0. The first-order chi connectivity index (χ1) is 7.19. The summed E-state index contributed by atoms with van der Waals surface area (Å²) in [6.45, 7) is 5.46. The monoisotopic (exact) mass is 215 g/mol. The van der Waals surface area contributed by atoms with Gasteiger partial charge in [-0.25, -0.2) is 0 Å². The van der Waals surface area contributed by atoms with Gasteiger partial charge in [0.05, 0.1) is 6.61 Å². The van der Waals surface area contributed by atoms with Crippen molar-refractivity contribution >= 4 is 0 Å². The highest BCUT2D eigenvalue weighted by Crippen LogP contribution is 2.34. The number of hydrogen-bond acceptors (Lipinski definition) is 3. The van der Waals surface area contributed by atoms with Gasteiger partial charge in [0.1, 0.15) is 0 Å². The van der Waals surface area contributed by atoms with Crippen LogP contribution in [-0.4, -0.2) is 37.5 Å². The van der Waals surface area contributed by atoms with Gasteiger partial charge in [-0.05, 0) is 31.1 Å². The Bertz CT molecular complexity index is 159. The molecule has 15 heavy (non-hydrogen) atoms. The van der Waals surface area contributed by atoms with E-state index >= 15 is 0 Å². The Morgan fingerprint density at radius 2 is 2.07 bits per heavy atom. The largest absolute Gasteiger partial charge is 0.396 e. The van der Waals surface area contributed by atoms with Gasteiger partial charge in [0.2, 0.25) is 0 Å². The van der Waals surface area contributed by atoms with E-state index in [-0.39, 0.29) is 6.61 Å². The van der Waals surface area contributed by atoms with Crippen LogP contribution in [0.25, 0.3) is 0 Å². The van der Waals surface area contributed by atoms with E-state index in [9.17, 15) is 0 Å². The lowest BCUT2D eigenvalue weighted by atomic mass is 10.0. The molecule has 0 bridgehead atoms. The lowest BCUT2D eigenvalue weighted by Gasteiger charge is -2.27. The van der Waals surface area contributed by atoms with E-state index in [0.717, 1.165) is 18.9 Å². The van der Waals surface area contributed by atoms with Gasteiger partial charge in [0.15, 0.2) is 0 Å². The molecule has 1 fully saturated rings. The molecule has 3 heteroatoms. The third kappa shape index (κ3) is 4.49. The van der Waals surface area contributed by atoms with Gasteiger partial charge in [-0.1, -0.05) is 13.8 Å². The average molecular weight is 215 g/mol.